The number of methoxy groups -OCH3 is 2. The molecule has 2 aromatic rings. The highest BCUT2D eigenvalue weighted by Gasteiger charge is 2.27. The lowest BCUT2D eigenvalue weighted by Gasteiger charge is -2.26. The number of ether oxygens (including phenoxy) is 4. The first-order valence-electron chi connectivity index (χ1n) is 9.80. The fraction of sp³-hybridized carbons (Fsp3) is 0.391. The highest BCUT2D eigenvalue weighted by molar-refractivity contribution is 5.99. The van der Waals surface area contributed by atoms with Gasteiger partial charge >= 0.3 is 5.97 Å². The Labute approximate surface area is 176 Å². The first-order valence-corrected chi connectivity index (χ1v) is 9.80. The van der Waals surface area contributed by atoms with Crippen molar-refractivity contribution in [2.45, 2.75) is 39.3 Å². The summed E-state index contributed by atoms with van der Waals surface area (Å²) in [6, 6.07) is 9.33. The Morgan fingerprint density at radius 3 is 2.47 bits per heavy atom. The Kier molecular flexibility index (Phi) is 6.20. The number of hydrogen-bond acceptors (Lipinski definition) is 6. The zero-order valence-corrected chi connectivity index (χ0v) is 18.0. The van der Waals surface area contributed by atoms with Crippen molar-refractivity contribution in [1.82, 2.24) is 5.32 Å². The minimum atomic E-state index is -0.827. The van der Waals surface area contributed by atoms with Crippen LogP contribution in [0.4, 0.5) is 0 Å². The Hall–Kier alpha value is -3.22. The number of nitrogens with one attached hydrogen (secondary N) is 1. The second-order valence-electron chi connectivity index (χ2n) is 7.61. The number of fused-ring (bicyclic) bond motifs is 1. The van der Waals surface area contributed by atoms with Gasteiger partial charge in [-0.25, -0.2) is 0 Å². The van der Waals surface area contributed by atoms with E-state index in [1.807, 2.05) is 18.2 Å². The predicted octanol–water partition coefficient (Wildman–Crippen LogP) is 3.72. The SMILES string of the molecule is CCC(=O)OC(C)(C)COc1c(-c2ccc3c(c2)CNC3=O)ccc(OC)c1OC. The van der Waals surface area contributed by atoms with Crippen molar-refractivity contribution in [1.29, 1.82) is 0 Å². The molecule has 0 atom stereocenters. The van der Waals surface area contributed by atoms with Crippen molar-refractivity contribution in [2.75, 3.05) is 20.8 Å². The van der Waals surface area contributed by atoms with E-state index in [-0.39, 0.29) is 18.5 Å². The van der Waals surface area contributed by atoms with Crippen LogP contribution in [0.3, 0.4) is 0 Å². The second-order valence-corrected chi connectivity index (χ2v) is 7.61. The molecule has 7 heteroatoms. The summed E-state index contributed by atoms with van der Waals surface area (Å²) in [5.41, 5.74) is 2.44. The zero-order valence-electron chi connectivity index (χ0n) is 18.0. The molecule has 7 nitrogen and oxygen atoms in total. The van der Waals surface area contributed by atoms with Crippen LogP contribution >= 0.6 is 0 Å². The van der Waals surface area contributed by atoms with Gasteiger partial charge in [-0.05, 0) is 49.2 Å². The minimum absolute atomic E-state index is 0.0696. The summed E-state index contributed by atoms with van der Waals surface area (Å²) in [6.07, 6.45) is 0.291. The van der Waals surface area contributed by atoms with Crippen LogP contribution in [0.25, 0.3) is 11.1 Å². The van der Waals surface area contributed by atoms with Gasteiger partial charge in [0.2, 0.25) is 5.75 Å². The molecule has 0 saturated carbocycles. The molecule has 0 spiro atoms. The Bertz CT molecular complexity index is 966. The lowest BCUT2D eigenvalue weighted by molar-refractivity contribution is -0.158. The predicted molar refractivity (Wildman–Crippen MR) is 112 cm³/mol. The normalized spacial score (nSPS) is 12.8. The molecule has 1 heterocycles. The van der Waals surface area contributed by atoms with Crippen molar-refractivity contribution in [2.24, 2.45) is 0 Å². The number of esters is 1. The average Bonchev–Trinajstić information content (AvgIpc) is 3.11. The molecule has 2 aromatic carbocycles. The quantitative estimate of drug-likeness (QED) is 0.664. The minimum Gasteiger partial charge on any atom is -0.493 e. The third-order valence-electron chi connectivity index (χ3n) is 4.84. The van der Waals surface area contributed by atoms with Gasteiger partial charge in [0.05, 0.1) is 14.2 Å². The maximum Gasteiger partial charge on any atom is 0.306 e. The van der Waals surface area contributed by atoms with Crippen LogP contribution in [0.1, 0.15) is 43.1 Å². The molecule has 1 amide bonds. The van der Waals surface area contributed by atoms with E-state index in [4.69, 9.17) is 18.9 Å². The van der Waals surface area contributed by atoms with E-state index in [0.717, 1.165) is 16.7 Å². The van der Waals surface area contributed by atoms with E-state index in [9.17, 15) is 9.59 Å². The number of carbonyl (C=O) groups excluding carboxylic acids is 2. The number of benzene rings is 2. The van der Waals surface area contributed by atoms with Gasteiger partial charge in [0, 0.05) is 24.1 Å². The lowest BCUT2D eigenvalue weighted by atomic mass is 9.99. The first-order chi connectivity index (χ1) is 14.3. The van der Waals surface area contributed by atoms with Crippen LogP contribution < -0.4 is 19.5 Å². The number of carbonyl (C=O) groups is 2. The molecule has 1 N–H and O–H groups in total. The van der Waals surface area contributed by atoms with Crippen LogP contribution in [0.2, 0.25) is 0 Å². The van der Waals surface area contributed by atoms with Crippen LogP contribution in [0.5, 0.6) is 17.2 Å². The Balaban J connectivity index is 2.00. The molecule has 3 rings (SSSR count). The monoisotopic (exact) mass is 413 g/mol. The molecule has 0 aliphatic carbocycles. The molecule has 0 bridgehead atoms. The summed E-state index contributed by atoms with van der Waals surface area (Å²) >= 11 is 0. The fourth-order valence-corrected chi connectivity index (χ4v) is 3.32. The molecule has 0 fully saturated rings. The molecule has 1 aliphatic rings. The third kappa shape index (κ3) is 4.35. The zero-order chi connectivity index (χ0) is 21.9. The molecule has 1 aliphatic heterocycles. The van der Waals surface area contributed by atoms with E-state index in [2.05, 4.69) is 5.32 Å². The molecule has 0 saturated heterocycles. The van der Waals surface area contributed by atoms with Gasteiger partial charge in [0.15, 0.2) is 11.5 Å². The fourth-order valence-electron chi connectivity index (χ4n) is 3.32. The number of hydrogen-bond donors (Lipinski definition) is 1. The van der Waals surface area contributed by atoms with Gasteiger partial charge in [-0.1, -0.05) is 13.0 Å². The van der Waals surface area contributed by atoms with E-state index < -0.39 is 5.60 Å². The van der Waals surface area contributed by atoms with E-state index in [0.29, 0.717) is 35.8 Å². The van der Waals surface area contributed by atoms with Crippen molar-refractivity contribution >= 4 is 11.9 Å². The van der Waals surface area contributed by atoms with Crippen LogP contribution in [-0.2, 0) is 16.1 Å². The topological polar surface area (TPSA) is 83.1 Å². The molecular weight excluding hydrogens is 386 g/mol. The third-order valence-corrected chi connectivity index (χ3v) is 4.84. The van der Waals surface area contributed by atoms with Crippen molar-refractivity contribution < 1.29 is 28.5 Å². The summed E-state index contributed by atoms with van der Waals surface area (Å²) in [7, 11) is 3.10. The standard InChI is InChI=1S/C23H27NO6/c1-6-19(25)30-23(2,3)13-29-20-16(9-10-18(27-4)21(20)28-5)14-7-8-17-15(11-14)12-24-22(17)26/h7-11H,6,12-13H2,1-5H3,(H,24,26). The van der Waals surface area contributed by atoms with E-state index in [1.165, 1.54) is 0 Å². The van der Waals surface area contributed by atoms with E-state index in [1.54, 1.807) is 47.1 Å². The Morgan fingerprint density at radius 1 is 1.07 bits per heavy atom. The number of amides is 1. The highest BCUT2D eigenvalue weighted by Crippen LogP contribution is 2.45. The highest BCUT2D eigenvalue weighted by atomic mass is 16.6. The average molecular weight is 413 g/mol. The summed E-state index contributed by atoms with van der Waals surface area (Å²) < 4.78 is 22.6. The smallest absolute Gasteiger partial charge is 0.306 e. The first kappa shape index (κ1) is 21.5. The molecule has 0 radical (unpaired) electrons. The Morgan fingerprint density at radius 2 is 1.80 bits per heavy atom. The lowest BCUT2D eigenvalue weighted by Crippen LogP contribution is -2.34. The maximum atomic E-state index is 11.9. The van der Waals surface area contributed by atoms with Gasteiger partial charge in [-0.15, -0.1) is 0 Å². The molecular formula is C23H27NO6. The van der Waals surface area contributed by atoms with Crippen LogP contribution in [0, 0.1) is 0 Å². The van der Waals surface area contributed by atoms with E-state index >= 15 is 0 Å². The van der Waals surface area contributed by atoms with Crippen molar-refractivity contribution in [3.8, 4) is 28.4 Å². The maximum absolute atomic E-state index is 11.9. The van der Waals surface area contributed by atoms with Crippen molar-refractivity contribution in [3.63, 3.8) is 0 Å². The van der Waals surface area contributed by atoms with Gasteiger partial charge in [-0.2, -0.15) is 0 Å². The van der Waals surface area contributed by atoms with Gasteiger partial charge in [0.25, 0.3) is 5.91 Å². The molecule has 30 heavy (non-hydrogen) atoms. The van der Waals surface area contributed by atoms with Gasteiger partial charge in [0.1, 0.15) is 12.2 Å². The summed E-state index contributed by atoms with van der Waals surface area (Å²) in [6.45, 7) is 5.95. The molecule has 0 unspecified atom stereocenters. The number of rotatable bonds is 8. The summed E-state index contributed by atoms with van der Waals surface area (Å²) in [4.78, 5) is 23.6. The molecule has 0 aromatic heterocycles. The van der Waals surface area contributed by atoms with Crippen LogP contribution in [-0.4, -0.2) is 38.3 Å². The summed E-state index contributed by atoms with van der Waals surface area (Å²) in [5.74, 6) is 1.09. The molecule has 160 valence electrons. The van der Waals surface area contributed by atoms with Gasteiger partial charge < -0.3 is 24.3 Å². The summed E-state index contributed by atoms with van der Waals surface area (Å²) in [5, 5.41) is 2.82. The largest absolute Gasteiger partial charge is 0.493 e. The van der Waals surface area contributed by atoms with Crippen LogP contribution in [0.15, 0.2) is 30.3 Å². The van der Waals surface area contributed by atoms with Crippen molar-refractivity contribution in [3.05, 3.63) is 41.5 Å². The second kappa shape index (κ2) is 8.65. The van der Waals surface area contributed by atoms with Gasteiger partial charge in [-0.3, -0.25) is 9.59 Å².